The molecule has 1 aliphatic rings. The summed E-state index contributed by atoms with van der Waals surface area (Å²) in [4.78, 5) is 0. The third-order valence-electron chi connectivity index (χ3n) is 6.28. The molecule has 1 aromatic carbocycles. The molecule has 1 aromatic rings. The lowest BCUT2D eigenvalue weighted by Gasteiger charge is -2.42. The third-order valence-corrected chi connectivity index (χ3v) is 6.28. The van der Waals surface area contributed by atoms with Crippen molar-refractivity contribution in [1.29, 1.82) is 0 Å². The van der Waals surface area contributed by atoms with Gasteiger partial charge in [0.2, 0.25) is 5.60 Å². The van der Waals surface area contributed by atoms with E-state index in [-0.39, 0.29) is 13.2 Å². The van der Waals surface area contributed by atoms with Crippen LogP contribution in [-0.2, 0) is 20.8 Å². The number of ether oxygens (including phenoxy) is 3. The van der Waals surface area contributed by atoms with E-state index < -0.39 is 23.1 Å². The number of allylic oxidation sites excluding steroid dienone is 1. The van der Waals surface area contributed by atoms with Crippen LogP contribution in [0.25, 0.3) is 0 Å². The molecule has 1 aliphatic heterocycles. The molecule has 0 radical (unpaired) electrons. The molecule has 0 bridgehead atoms. The van der Waals surface area contributed by atoms with E-state index in [2.05, 4.69) is 44.5 Å². The monoisotopic (exact) mass is 494 g/mol. The van der Waals surface area contributed by atoms with Crippen molar-refractivity contribution in [3.63, 3.8) is 0 Å². The summed E-state index contributed by atoms with van der Waals surface area (Å²) in [5.41, 5.74) is -2.10. The number of unbranched alkanes of at least 4 members (excludes halogenated alkanes) is 6. The third kappa shape index (κ3) is 8.79. The highest BCUT2D eigenvalue weighted by Gasteiger charge is 2.58. The molecular formula is C32H46O4. The SMILES string of the molecule is CCCCC#C[C@](O)(/C=C/CCCC)[C@](C#CCCCC)(OCc1ccccc1)[C@@H]1COC(C)(C)O1. The maximum absolute atomic E-state index is 12.4. The molecule has 1 saturated heterocycles. The van der Waals surface area contributed by atoms with Gasteiger partial charge in [0.15, 0.2) is 11.4 Å². The molecule has 0 unspecified atom stereocenters. The zero-order valence-corrected chi connectivity index (χ0v) is 23.1. The van der Waals surface area contributed by atoms with Gasteiger partial charge >= 0.3 is 0 Å². The molecule has 0 aliphatic carbocycles. The van der Waals surface area contributed by atoms with Gasteiger partial charge in [-0.1, -0.05) is 107 Å². The van der Waals surface area contributed by atoms with Crippen molar-refractivity contribution in [3.8, 4) is 23.7 Å². The van der Waals surface area contributed by atoms with E-state index in [4.69, 9.17) is 14.2 Å². The van der Waals surface area contributed by atoms with Crippen LogP contribution in [-0.4, -0.2) is 34.8 Å². The molecule has 2 rings (SSSR count). The average Bonchev–Trinajstić information content (AvgIpc) is 3.24. The lowest BCUT2D eigenvalue weighted by molar-refractivity contribution is -0.200. The van der Waals surface area contributed by atoms with Crippen molar-refractivity contribution in [3.05, 3.63) is 48.0 Å². The molecule has 0 amide bonds. The van der Waals surface area contributed by atoms with Crippen molar-refractivity contribution in [1.82, 2.24) is 0 Å². The highest BCUT2D eigenvalue weighted by Crippen LogP contribution is 2.40. The Morgan fingerprint density at radius 1 is 1.00 bits per heavy atom. The van der Waals surface area contributed by atoms with Gasteiger partial charge in [-0.2, -0.15) is 0 Å². The van der Waals surface area contributed by atoms with Gasteiger partial charge < -0.3 is 19.3 Å². The van der Waals surface area contributed by atoms with Crippen LogP contribution < -0.4 is 0 Å². The van der Waals surface area contributed by atoms with Crippen LogP contribution in [0.5, 0.6) is 0 Å². The van der Waals surface area contributed by atoms with E-state index in [1.807, 2.05) is 50.3 Å². The fraction of sp³-hybridized carbons (Fsp3) is 0.625. The minimum absolute atomic E-state index is 0.256. The maximum Gasteiger partial charge on any atom is 0.200 e. The van der Waals surface area contributed by atoms with Gasteiger partial charge in [0.1, 0.15) is 6.10 Å². The van der Waals surface area contributed by atoms with Gasteiger partial charge in [0.05, 0.1) is 13.2 Å². The Morgan fingerprint density at radius 2 is 1.64 bits per heavy atom. The van der Waals surface area contributed by atoms with Crippen LogP contribution in [0.1, 0.15) is 98.0 Å². The molecule has 3 atom stereocenters. The van der Waals surface area contributed by atoms with Gasteiger partial charge in [-0.05, 0) is 44.7 Å². The molecule has 1 N–H and O–H groups in total. The van der Waals surface area contributed by atoms with Crippen molar-refractivity contribution in [2.45, 2.75) is 122 Å². The summed E-state index contributed by atoms with van der Waals surface area (Å²) in [5, 5.41) is 12.4. The maximum atomic E-state index is 12.4. The first-order chi connectivity index (χ1) is 17.3. The second-order valence-electron chi connectivity index (χ2n) is 9.95. The second kappa shape index (κ2) is 15.2. The smallest absolute Gasteiger partial charge is 0.200 e. The summed E-state index contributed by atoms with van der Waals surface area (Å²) in [6, 6.07) is 9.95. The van der Waals surface area contributed by atoms with E-state index >= 15 is 0 Å². The average molecular weight is 495 g/mol. The zero-order chi connectivity index (χ0) is 26.3. The van der Waals surface area contributed by atoms with Crippen LogP contribution in [0.3, 0.4) is 0 Å². The molecule has 4 heteroatoms. The highest BCUT2D eigenvalue weighted by molar-refractivity contribution is 5.40. The lowest BCUT2D eigenvalue weighted by atomic mass is 9.77. The predicted molar refractivity (Wildman–Crippen MR) is 147 cm³/mol. The van der Waals surface area contributed by atoms with Crippen LogP contribution in [0.2, 0.25) is 0 Å². The first-order valence-electron chi connectivity index (χ1n) is 13.7. The topological polar surface area (TPSA) is 47.9 Å². The summed E-state index contributed by atoms with van der Waals surface area (Å²) in [6.45, 7) is 10.7. The van der Waals surface area contributed by atoms with Crippen LogP contribution in [0, 0.1) is 23.7 Å². The largest absolute Gasteiger partial charge is 0.370 e. The molecule has 1 heterocycles. The fourth-order valence-electron chi connectivity index (χ4n) is 4.07. The molecule has 1 fully saturated rings. The molecule has 36 heavy (non-hydrogen) atoms. The van der Waals surface area contributed by atoms with Crippen molar-refractivity contribution in [2.24, 2.45) is 0 Å². The number of rotatable bonds is 13. The Hall–Kier alpha value is -2.08. The van der Waals surface area contributed by atoms with E-state index in [1.54, 1.807) is 6.08 Å². The zero-order valence-electron chi connectivity index (χ0n) is 23.1. The van der Waals surface area contributed by atoms with Gasteiger partial charge in [0.25, 0.3) is 0 Å². The molecule has 0 aromatic heterocycles. The minimum atomic E-state index is -1.67. The van der Waals surface area contributed by atoms with Crippen LogP contribution in [0.4, 0.5) is 0 Å². The number of aliphatic hydroxyl groups is 1. The molecular weight excluding hydrogens is 448 g/mol. The normalized spacial score (nSPS) is 20.1. The number of hydrogen-bond donors (Lipinski definition) is 1. The molecule has 0 spiro atoms. The highest BCUT2D eigenvalue weighted by atomic mass is 16.8. The summed E-state index contributed by atoms with van der Waals surface area (Å²) in [5.74, 6) is 12.3. The Kier molecular flexibility index (Phi) is 12.8. The molecule has 4 nitrogen and oxygen atoms in total. The Labute approximate surface area is 219 Å². The Balaban J connectivity index is 2.63. The standard InChI is InChI=1S/C32H46O4/c1-6-9-12-18-23-31(33,24-19-13-10-7-2)32(25-20-14-11-8-3,29-27-34-30(4,5)36-29)35-26-28-21-16-15-17-22-28/h15-18,21-23,29,33H,6-14,26-27H2,1-5H3/b23-18+/t29-,31+,32+/m0/s1. The summed E-state index contributed by atoms with van der Waals surface area (Å²) < 4.78 is 19.0. The van der Waals surface area contributed by atoms with Gasteiger partial charge in [0, 0.05) is 12.8 Å². The lowest BCUT2D eigenvalue weighted by Crippen LogP contribution is -2.61. The van der Waals surface area contributed by atoms with Crippen molar-refractivity contribution < 1.29 is 19.3 Å². The quantitative estimate of drug-likeness (QED) is 0.183. The molecule has 0 saturated carbocycles. The Morgan fingerprint density at radius 3 is 2.22 bits per heavy atom. The van der Waals surface area contributed by atoms with Crippen molar-refractivity contribution >= 4 is 0 Å². The predicted octanol–water partition coefficient (Wildman–Crippen LogP) is 6.96. The minimum Gasteiger partial charge on any atom is -0.370 e. The van der Waals surface area contributed by atoms with Crippen LogP contribution in [0.15, 0.2) is 42.5 Å². The summed E-state index contributed by atoms with van der Waals surface area (Å²) in [7, 11) is 0. The second-order valence-corrected chi connectivity index (χ2v) is 9.95. The van der Waals surface area contributed by atoms with E-state index in [0.717, 1.165) is 50.5 Å². The first kappa shape index (κ1) is 30.1. The Bertz CT molecular complexity index is 914. The first-order valence-corrected chi connectivity index (χ1v) is 13.7. The van der Waals surface area contributed by atoms with Gasteiger partial charge in [-0.15, -0.1) is 0 Å². The van der Waals surface area contributed by atoms with E-state index in [0.29, 0.717) is 12.8 Å². The number of benzene rings is 1. The molecule has 198 valence electrons. The van der Waals surface area contributed by atoms with Crippen molar-refractivity contribution in [2.75, 3.05) is 6.61 Å². The van der Waals surface area contributed by atoms with E-state index in [1.165, 1.54) is 0 Å². The van der Waals surface area contributed by atoms with Crippen LogP contribution >= 0.6 is 0 Å². The number of hydrogen-bond acceptors (Lipinski definition) is 4. The van der Waals surface area contributed by atoms with Gasteiger partial charge in [-0.25, -0.2) is 0 Å². The van der Waals surface area contributed by atoms with E-state index in [9.17, 15) is 5.11 Å². The summed E-state index contributed by atoms with van der Waals surface area (Å²) >= 11 is 0. The fourth-order valence-corrected chi connectivity index (χ4v) is 4.07. The summed E-state index contributed by atoms with van der Waals surface area (Å²) in [6.07, 6.45) is 11.6. The van der Waals surface area contributed by atoms with Gasteiger partial charge in [-0.3, -0.25) is 0 Å².